The van der Waals surface area contributed by atoms with Crippen LogP contribution in [0.25, 0.3) is 33.1 Å². The molecule has 1 amide bonds. The summed E-state index contributed by atoms with van der Waals surface area (Å²) in [6.07, 6.45) is 3.34. The molecule has 172 valence electrons. The average Bonchev–Trinajstić information content (AvgIpc) is 3.57. The molecule has 5 aromatic rings. The summed E-state index contributed by atoms with van der Waals surface area (Å²) in [5, 5.41) is 11.7. The minimum Gasteiger partial charge on any atom is -0.340 e. The number of amides is 1. The predicted molar refractivity (Wildman–Crippen MR) is 127 cm³/mol. The molecule has 0 aliphatic heterocycles. The molecule has 0 aliphatic rings. The number of nitrogens with one attached hydrogen (secondary N) is 1. The summed E-state index contributed by atoms with van der Waals surface area (Å²) in [7, 11) is 0. The van der Waals surface area contributed by atoms with Gasteiger partial charge in [-0.2, -0.15) is 4.98 Å². The third-order valence-corrected chi connectivity index (χ3v) is 6.46. The fraction of sp³-hybridized carbons (Fsp3) is 0.250. The van der Waals surface area contributed by atoms with Gasteiger partial charge in [-0.3, -0.25) is 9.78 Å². The normalized spacial score (nSPS) is 12.4. The maximum absolute atomic E-state index is 13.6. The minimum absolute atomic E-state index is 0.00790. The number of fused-ring (bicyclic) bond motifs is 1. The van der Waals surface area contributed by atoms with Gasteiger partial charge in [0.15, 0.2) is 0 Å². The third kappa shape index (κ3) is 4.08. The summed E-state index contributed by atoms with van der Waals surface area (Å²) < 4.78 is 10.9. The van der Waals surface area contributed by atoms with Gasteiger partial charge in [0.1, 0.15) is 6.04 Å². The first-order valence-electron chi connectivity index (χ1n) is 10.8. The van der Waals surface area contributed by atoms with Crippen molar-refractivity contribution >= 4 is 28.3 Å². The van der Waals surface area contributed by atoms with E-state index < -0.39 is 6.04 Å². The van der Waals surface area contributed by atoms with Crippen molar-refractivity contribution in [1.82, 2.24) is 30.6 Å². The second kappa shape index (κ2) is 8.79. The van der Waals surface area contributed by atoms with Gasteiger partial charge in [-0.15, -0.1) is 11.3 Å². The smallest absolute Gasteiger partial charge is 0.259 e. The molecule has 0 saturated heterocycles. The van der Waals surface area contributed by atoms with Crippen LogP contribution in [0.1, 0.15) is 46.7 Å². The van der Waals surface area contributed by atoms with E-state index in [0.29, 0.717) is 39.8 Å². The van der Waals surface area contributed by atoms with Crippen molar-refractivity contribution < 1.29 is 13.8 Å². The zero-order valence-electron chi connectivity index (χ0n) is 19.1. The number of thiophene rings is 1. The van der Waals surface area contributed by atoms with Crippen molar-refractivity contribution in [1.29, 1.82) is 0 Å². The van der Waals surface area contributed by atoms with Gasteiger partial charge in [0.25, 0.3) is 11.6 Å². The summed E-state index contributed by atoms with van der Waals surface area (Å²) in [5.41, 5.74) is 2.74. The molecule has 1 N–H and O–H groups in total. The molecule has 0 radical (unpaired) electrons. The fourth-order valence-electron chi connectivity index (χ4n) is 3.68. The topological polar surface area (TPSA) is 120 Å². The lowest BCUT2D eigenvalue weighted by Crippen LogP contribution is -2.32. The number of aryl methyl sites for hydroxylation is 2. The number of hydrogen-bond donors (Lipinski definition) is 1. The largest absolute Gasteiger partial charge is 0.340 e. The molecular formula is C24H22N6O3S. The summed E-state index contributed by atoms with van der Waals surface area (Å²) in [4.78, 5) is 28.8. The van der Waals surface area contributed by atoms with Crippen LogP contribution in [0, 0.1) is 19.8 Å². The summed E-state index contributed by atoms with van der Waals surface area (Å²) >= 11 is 1.60. The minimum atomic E-state index is -0.499. The first-order valence-corrected chi connectivity index (χ1v) is 11.6. The van der Waals surface area contributed by atoms with Gasteiger partial charge in [-0.1, -0.05) is 24.2 Å². The van der Waals surface area contributed by atoms with Crippen molar-refractivity contribution in [3.05, 3.63) is 64.8 Å². The van der Waals surface area contributed by atoms with Crippen LogP contribution in [0.4, 0.5) is 0 Å². The second-order valence-corrected chi connectivity index (χ2v) is 9.59. The molecule has 0 bridgehead atoms. The highest BCUT2D eigenvalue weighted by Gasteiger charge is 2.28. The lowest BCUT2D eigenvalue weighted by molar-refractivity contribution is 0.0915. The predicted octanol–water partition coefficient (Wildman–Crippen LogP) is 5.14. The lowest BCUT2D eigenvalue weighted by Gasteiger charge is -2.19. The van der Waals surface area contributed by atoms with Crippen molar-refractivity contribution in [2.24, 2.45) is 5.92 Å². The first-order chi connectivity index (χ1) is 16.4. The Kier molecular flexibility index (Phi) is 5.66. The first kappa shape index (κ1) is 21.9. The third-order valence-electron chi connectivity index (χ3n) is 5.44. The standard InChI is InChI=1S/C24H22N6O3S/c1-12(2)20(24-28-21(30-33-24)15-6-5-9-25-11-15)27-22(31)16-10-17(18-8-7-13(3)34-18)26-23-19(16)14(4)29-32-23/h5-12,20H,1-4H3,(H,27,31). The van der Waals surface area contributed by atoms with E-state index in [9.17, 15) is 4.79 Å². The molecule has 0 fully saturated rings. The van der Waals surface area contributed by atoms with Crippen LogP contribution >= 0.6 is 11.3 Å². The molecule has 1 unspecified atom stereocenters. The van der Waals surface area contributed by atoms with Gasteiger partial charge in [0.05, 0.1) is 27.2 Å². The Bertz CT molecular complexity index is 1470. The van der Waals surface area contributed by atoms with Crippen LogP contribution in [-0.2, 0) is 0 Å². The SMILES string of the molecule is Cc1ccc(-c2cc(C(=O)NC(c3nc(-c4cccnc4)no3)C(C)C)c3c(C)noc3n2)s1. The van der Waals surface area contributed by atoms with E-state index in [4.69, 9.17) is 9.05 Å². The monoisotopic (exact) mass is 474 g/mol. The number of hydrogen-bond acceptors (Lipinski definition) is 9. The quantitative estimate of drug-likeness (QED) is 0.359. The number of carbonyl (C=O) groups excluding carboxylic acids is 1. The Morgan fingerprint density at radius 1 is 1.09 bits per heavy atom. The zero-order chi connectivity index (χ0) is 23.8. The number of rotatable bonds is 6. The van der Waals surface area contributed by atoms with Gasteiger partial charge < -0.3 is 14.4 Å². The highest BCUT2D eigenvalue weighted by atomic mass is 32.1. The summed E-state index contributed by atoms with van der Waals surface area (Å²) in [5.74, 6) is 0.433. The number of pyridine rings is 2. The van der Waals surface area contributed by atoms with Crippen LogP contribution in [0.5, 0.6) is 0 Å². The Morgan fingerprint density at radius 2 is 1.94 bits per heavy atom. The Hall–Kier alpha value is -3.92. The molecule has 9 nitrogen and oxygen atoms in total. The van der Waals surface area contributed by atoms with Crippen molar-refractivity contribution in [3.8, 4) is 22.0 Å². The number of carbonyl (C=O) groups is 1. The van der Waals surface area contributed by atoms with Crippen LogP contribution in [-0.4, -0.2) is 31.2 Å². The molecule has 10 heteroatoms. The second-order valence-electron chi connectivity index (χ2n) is 8.31. The highest BCUT2D eigenvalue weighted by molar-refractivity contribution is 7.15. The Balaban J connectivity index is 1.50. The fourth-order valence-corrected chi connectivity index (χ4v) is 4.51. The molecule has 0 saturated carbocycles. The van der Waals surface area contributed by atoms with E-state index in [1.54, 1.807) is 42.8 Å². The number of nitrogens with zero attached hydrogens (tertiary/aromatic N) is 5. The van der Waals surface area contributed by atoms with Gasteiger partial charge in [-0.25, -0.2) is 4.98 Å². The lowest BCUT2D eigenvalue weighted by atomic mass is 10.0. The molecule has 5 aromatic heterocycles. The molecule has 0 spiro atoms. The van der Waals surface area contributed by atoms with Crippen molar-refractivity contribution in [3.63, 3.8) is 0 Å². The molecule has 5 rings (SSSR count). The van der Waals surface area contributed by atoms with Gasteiger partial charge in [0.2, 0.25) is 11.7 Å². The van der Waals surface area contributed by atoms with E-state index in [1.807, 2.05) is 39.0 Å². The van der Waals surface area contributed by atoms with Gasteiger partial charge in [0, 0.05) is 22.8 Å². The molecule has 0 aliphatic carbocycles. The molecule has 34 heavy (non-hydrogen) atoms. The van der Waals surface area contributed by atoms with E-state index in [2.05, 4.69) is 30.6 Å². The highest BCUT2D eigenvalue weighted by Crippen LogP contribution is 2.32. The van der Waals surface area contributed by atoms with Crippen molar-refractivity contribution in [2.75, 3.05) is 0 Å². The van der Waals surface area contributed by atoms with E-state index in [-0.39, 0.29) is 11.8 Å². The van der Waals surface area contributed by atoms with Crippen LogP contribution in [0.2, 0.25) is 0 Å². The molecule has 1 atom stereocenters. The van der Waals surface area contributed by atoms with E-state index in [1.165, 1.54) is 0 Å². The van der Waals surface area contributed by atoms with Gasteiger partial charge >= 0.3 is 0 Å². The molecule has 0 aromatic carbocycles. The van der Waals surface area contributed by atoms with Crippen LogP contribution in [0.3, 0.4) is 0 Å². The molecule has 5 heterocycles. The van der Waals surface area contributed by atoms with Gasteiger partial charge in [-0.05, 0) is 50.1 Å². The summed E-state index contributed by atoms with van der Waals surface area (Å²) in [6, 6.07) is 8.92. The maximum atomic E-state index is 13.6. The van der Waals surface area contributed by atoms with E-state index in [0.717, 1.165) is 15.3 Å². The van der Waals surface area contributed by atoms with Crippen LogP contribution < -0.4 is 5.32 Å². The average molecular weight is 475 g/mol. The zero-order valence-corrected chi connectivity index (χ0v) is 19.9. The van der Waals surface area contributed by atoms with Crippen LogP contribution in [0.15, 0.2) is 51.8 Å². The van der Waals surface area contributed by atoms with E-state index >= 15 is 0 Å². The van der Waals surface area contributed by atoms with Crippen molar-refractivity contribution in [2.45, 2.75) is 33.7 Å². The maximum Gasteiger partial charge on any atom is 0.259 e. The summed E-state index contributed by atoms with van der Waals surface area (Å²) in [6.45, 7) is 7.77. The Labute approximate surface area is 199 Å². The number of aromatic nitrogens is 5. The molecular weight excluding hydrogens is 452 g/mol. The Morgan fingerprint density at radius 3 is 2.65 bits per heavy atom.